The number of benzene rings is 1. The third-order valence-corrected chi connectivity index (χ3v) is 10.2. The van der Waals surface area contributed by atoms with Crippen LogP contribution in [-0.2, 0) is 19.1 Å². The van der Waals surface area contributed by atoms with Crippen LogP contribution in [0.5, 0.6) is 0 Å². The highest BCUT2D eigenvalue weighted by Gasteiger charge is 2.73. The zero-order valence-electron chi connectivity index (χ0n) is 22.2. The first-order valence-electron chi connectivity index (χ1n) is 14.4. The topological polar surface area (TPSA) is 87.7 Å². The normalized spacial score (nSPS) is 38.3. The number of ether oxygens (including phenoxy) is 1. The van der Waals surface area contributed by atoms with Gasteiger partial charge in [-0.25, -0.2) is 0 Å². The molecule has 2 saturated carbocycles. The van der Waals surface area contributed by atoms with E-state index in [1.54, 1.807) is 24.3 Å². The molecule has 2 saturated heterocycles. The zero-order chi connectivity index (χ0) is 26.6. The molecule has 4 fully saturated rings. The van der Waals surface area contributed by atoms with Crippen molar-refractivity contribution in [2.45, 2.75) is 95.0 Å². The van der Waals surface area contributed by atoms with Crippen molar-refractivity contribution >= 4 is 35.0 Å². The summed E-state index contributed by atoms with van der Waals surface area (Å²) in [6.07, 6.45) is 11.6. The molecule has 0 unspecified atom stereocenters. The summed E-state index contributed by atoms with van der Waals surface area (Å²) in [5.41, 5.74) is -0.507. The first-order valence-corrected chi connectivity index (χ1v) is 14.7. The largest absolute Gasteiger partial charge is 0.359 e. The maximum atomic E-state index is 14.4. The Morgan fingerprint density at radius 3 is 2.47 bits per heavy atom. The first kappa shape index (κ1) is 25.9. The standard InChI is InChI=1S/C30H38ClN3O4/c1-17-7-6-10-22(18(17)2)34-26(28(36)33-20-8-4-3-5-9-20)30-16-15-23(38-30)24(25(30)29(34)37)27(35)32-21-13-11-19(31)12-14-21/h11-18,20,22-26H,3-10H2,1-2H3,(H,32,35)(H,33,36)/t17-,18-,22+,23+,24-,25+,26-,30+/m1/s1. The molecule has 3 amide bonds. The van der Waals surface area contributed by atoms with Crippen molar-refractivity contribution in [3.05, 3.63) is 41.4 Å². The molecule has 38 heavy (non-hydrogen) atoms. The van der Waals surface area contributed by atoms with E-state index in [0.717, 1.165) is 44.9 Å². The maximum absolute atomic E-state index is 14.4. The van der Waals surface area contributed by atoms with E-state index in [0.29, 0.717) is 16.6 Å². The van der Waals surface area contributed by atoms with Crippen molar-refractivity contribution in [2.24, 2.45) is 23.7 Å². The highest BCUT2D eigenvalue weighted by Crippen LogP contribution is 2.56. The Hall–Kier alpha value is -2.38. The third kappa shape index (κ3) is 4.17. The van der Waals surface area contributed by atoms with Gasteiger partial charge < -0.3 is 20.3 Å². The molecular formula is C30H38ClN3O4. The number of halogens is 1. The average molecular weight is 540 g/mol. The minimum absolute atomic E-state index is 0.0515. The summed E-state index contributed by atoms with van der Waals surface area (Å²) in [6, 6.07) is 6.23. The van der Waals surface area contributed by atoms with E-state index in [-0.39, 0.29) is 35.7 Å². The van der Waals surface area contributed by atoms with Gasteiger partial charge in [0, 0.05) is 22.8 Å². The molecule has 2 bridgehead atoms. The lowest BCUT2D eigenvalue weighted by Crippen LogP contribution is -2.60. The van der Waals surface area contributed by atoms with Gasteiger partial charge in [0.15, 0.2) is 0 Å². The number of nitrogens with zero attached hydrogens (tertiary/aromatic N) is 1. The van der Waals surface area contributed by atoms with E-state index in [9.17, 15) is 14.4 Å². The van der Waals surface area contributed by atoms with Gasteiger partial charge in [0.25, 0.3) is 0 Å². The predicted octanol–water partition coefficient (Wildman–Crippen LogP) is 4.70. The minimum atomic E-state index is -1.12. The summed E-state index contributed by atoms with van der Waals surface area (Å²) >= 11 is 6.02. The molecular weight excluding hydrogens is 502 g/mol. The smallest absolute Gasteiger partial charge is 0.246 e. The summed E-state index contributed by atoms with van der Waals surface area (Å²) in [7, 11) is 0. The first-order chi connectivity index (χ1) is 18.3. The monoisotopic (exact) mass is 539 g/mol. The predicted molar refractivity (Wildman–Crippen MR) is 145 cm³/mol. The van der Waals surface area contributed by atoms with E-state index >= 15 is 0 Å². The van der Waals surface area contributed by atoms with Gasteiger partial charge in [-0.3, -0.25) is 14.4 Å². The molecule has 7 nitrogen and oxygen atoms in total. The van der Waals surface area contributed by atoms with Crippen LogP contribution in [0, 0.1) is 23.7 Å². The van der Waals surface area contributed by atoms with Crippen LogP contribution in [0.2, 0.25) is 5.02 Å². The molecule has 3 aliphatic heterocycles. The molecule has 0 radical (unpaired) electrons. The fourth-order valence-electron chi connectivity index (χ4n) is 7.80. The molecule has 1 aromatic carbocycles. The van der Waals surface area contributed by atoms with Crippen LogP contribution in [0.1, 0.15) is 65.2 Å². The maximum Gasteiger partial charge on any atom is 0.246 e. The Kier molecular flexibility index (Phi) is 6.79. The number of carbonyl (C=O) groups is 3. The molecule has 204 valence electrons. The lowest BCUT2D eigenvalue weighted by Gasteiger charge is -2.44. The Balaban J connectivity index is 1.34. The summed E-state index contributed by atoms with van der Waals surface area (Å²) in [5.74, 6) is -1.23. The average Bonchev–Trinajstić information content (AvgIpc) is 3.55. The molecule has 2 N–H and O–H groups in total. The highest BCUT2D eigenvalue weighted by molar-refractivity contribution is 6.30. The van der Waals surface area contributed by atoms with Gasteiger partial charge in [-0.15, -0.1) is 0 Å². The number of amides is 3. The van der Waals surface area contributed by atoms with Gasteiger partial charge in [-0.05, 0) is 55.4 Å². The quantitative estimate of drug-likeness (QED) is 0.531. The van der Waals surface area contributed by atoms with Crippen LogP contribution in [0.15, 0.2) is 36.4 Å². The molecule has 1 aromatic rings. The van der Waals surface area contributed by atoms with Gasteiger partial charge in [-0.2, -0.15) is 0 Å². The third-order valence-electron chi connectivity index (χ3n) is 9.95. The molecule has 8 atom stereocenters. The second kappa shape index (κ2) is 9.98. The SMILES string of the molecule is C[C@@H]1[C@H](C)CCC[C@@H]1N1C(=O)[C@@H]2[C@H](C(=O)Nc3ccc(Cl)cc3)[C@@H]3C=C[C@@]2(O3)[C@H]1C(=O)NC1CCCCC1. The van der Waals surface area contributed by atoms with Crippen molar-refractivity contribution in [2.75, 3.05) is 5.32 Å². The Morgan fingerprint density at radius 1 is 1.00 bits per heavy atom. The summed E-state index contributed by atoms with van der Waals surface area (Å²) in [6.45, 7) is 4.43. The molecule has 3 heterocycles. The van der Waals surface area contributed by atoms with E-state index in [1.165, 1.54) is 6.42 Å². The van der Waals surface area contributed by atoms with Crippen molar-refractivity contribution in [3.63, 3.8) is 0 Å². The Morgan fingerprint density at radius 2 is 1.74 bits per heavy atom. The fourth-order valence-corrected chi connectivity index (χ4v) is 7.92. The number of likely N-dealkylation sites (tertiary alicyclic amines) is 1. The number of hydrogen-bond acceptors (Lipinski definition) is 4. The highest BCUT2D eigenvalue weighted by atomic mass is 35.5. The summed E-state index contributed by atoms with van der Waals surface area (Å²) < 4.78 is 6.53. The van der Waals surface area contributed by atoms with Crippen molar-refractivity contribution in [1.82, 2.24) is 10.2 Å². The Bertz CT molecular complexity index is 1130. The second-order valence-electron chi connectivity index (χ2n) is 12.1. The number of carbonyl (C=O) groups excluding carboxylic acids is 3. The van der Waals surface area contributed by atoms with Crippen molar-refractivity contribution in [3.8, 4) is 0 Å². The number of fused-ring (bicyclic) bond motifs is 1. The fraction of sp³-hybridized carbons (Fsp3) is 0.633. The van der Waals surface area contributed by atoms with Gasteiger partial charge in [0.2, 0.25) is 17.7 Å². The van der Waals surface area contributed by atoms with Crippen LogP contribution in [0.25, 0.3) is 0 Å². The van der Waals surface area contributed by atoms with Gasteiger partial charge in [0.1, 0.15) is 11.6 Å². The molecule has 2 aliphatic carbocycles. The number of nitrogens with one attached hydrogen (secondary N) is 2. The van der Waals surface area contributed by atoms with Crippen molar-refractivity contribution in [1.29, 1.82) is 0 Å². The number of anilines is 1. The molecule has 0 aromatic heterocycles. The number of rotatable bonds is 5. The lowest BCUT2D eigenvalue weighted by molar-refractivity contribution is -0.146. The van der Waals surface area contributed by atoms with E-state index < -0.39 is 29.6 Å². The van der Waals surface area contributed by atoms with Crippen LogP contribution < -0.4 is 10.6 Å². The van der Waals surface area contributed by atoms with E-state index in [1.807, 2.05) is 17.1 Å². The van der Waals surface area contributed by atoms with Crippen LogP contribution in [0.3, 0.4) is 0 Å². The summed E-state index contributed by atoms with van der Waals surface area (Å²) in [5, 5.41) is 6.84. The Labute approximate surface area is 229 Å². The lowest BCUT2D eigenvalue weighted by atomic mass is 9.74. The molecule has 6 rings (SSSR count). The van der Waals surface area contributed by atoms with E-state index in [2.05, 4.69) is 24.5 Å². The van der Waals surface area contributed by atoms with Gasteiger partial charge in [0.05, 0.1) is 17.9 Å². The molecule has 1 spiro atoms. The van der Waals surface area contributed by atoms with Gasteiger partial charge >= 0.3 is 0 Å². The van der Waals surface area contributed by atoms with Crippen molar-refractivity contribution < 1.29 is 19.1 Å². The summed E-state index contributed by atoms with van der Waals surface area (Å²) in [4.78, 5) is 44.0. The van der Waals surface area contributed by atoms with Crippen LogP contribution in [-0.4, -0.2) is 52.5 Å². The number of hydrogen-bond donors (Lipinski definition) is 2. The zero-order valence-corrected chi connectivity index (χ0v) is 23.0. The van der Waals surface area contributed by atoms with Crippen LogP contribution >= 0.6 is 11.6 Å². The molecule has 8 heteroatoms. The van der Waals surface area contributed by atoms with Crippen LogP contribution in [0.4, 0.5) is 5.69 Å². The molecule has 5 aliphatic rings. The minimum Gasteiger partial charge on any atom is -0.359 e. The second-order valence-corrected chi connectivity index (χ2v) is 12.6. The van der Waals surface area contributed by atoms with E-state index in [4.69, 9.17) is 16.3 Å². The van der Waals surface area contributed by atoms with Gasteiger partial charge in [-0.1, -0.05) is 69.7 Å².